The number of aliphatic hydroxyl groups excluding tert-OH is 1. The molecule has 5 aliphatic rings. The van der Waals surface area contributed by atoms with Crippen molar-refractivity contribution in [2.24, 2.45) is 5.92 Å². The summed E-state index contributed by atoms with van der Waals surface area (Å²) in [5, 5.41) is 15.2. The van der Waals surface area contributed by atoms with Crippen molar-refractivity contribution in [2.75, 3.05) is 42.9 Å². The van der Waals surface area contributed by atoms with Gasteiger partial charge < -0.3 is 25.2 Å². The number of aromatic amines is 1. The molecule has 318 valence electrons. The molecule has 3 atom stereocenters. The fourth-order valence-electron chi connectivity index (χ4n) is 9.89. The van der Waals surface area contributed by atoms with Gasteiger partial charge in [-0.2, -0.15) is 0 Å². The summed E-state index contributed by atoms with van der Waals surface area (Å²) in [6, 6.07) is 18.0. The molecule has 6 heterocycles. The number of anilines is 2. The van der Waals surface area contributed by atoms with Crippen LogP contribution in [-0.2, 0) is 20.9 Å². The Bertz CT molecular complexity index is 2380. The van der Waals surface area contributed by atoms with Crippen molar-refractivity contribution in [3.8, 4) is 0 Å². The zero-order chi connectivity index (χ0) is 42.4. The van der Waals surface area contributed by atoms with E-state index in [0.29, 0.717) is 61.7 Å². The molecule has 0 bridgehead atoms. The van der Waals surface area contributed by atoms with Crippen molar-refractivity contribution >= 4 is 57.9 Å². The average Bonchev–Trinajstić information content (AvgIpc) is 3.90. The Kier molecular flexibility index (Phi) is 11.2. The van der Waals surface area contributed by atoms with E-state index >= 15 is 0 Å². The summed E-state index contributed by atoms with van der Waals surface area (Å²) >= 11 is 0. The van der Waals surface area contributed by atoms with E-state index in [1.807, 2.05) is 53.4 Å². The topological polar surface area (TPSA) is 188 Å². The van der Waals surface area contributed by atoms with E-state index in [1.54, 1.807) is 12.1 Å². The van der Waals surface area contributed by atoms with Crippen LogP contribution in [0.15, 0.2) is 60.7 Å². The highest BCUT2D eigenvalue weighted by atomic mass is 16.3. The van der Waals surface area contributed by atoms with Crippen LogP contribution in [0.2, 0.25) is 0 Å². The van der Waals surface area contributed by atoms with Crippen LogP contribution >= 0.6 is 0 Å². The first-order valence-corrected chi connectivity index (χ1v) is 21.7. The number of likely N-dealkylation sites (tertiary alicyclic amines) is 2. The van der Waals surface area contributed by atoms with Crippen LogP contribution in [0.5, 0.6) is 0 Å². The van der Waals surface area contributed by atoms with Gasteiger partial charge in [0.2, 0.25) is 17.7 Å². The summed E-state index contributed by atoms with van der Waals surface area (Å²) in [7, 11) is 0. The van der Waals surface area contributed by atoms with Gasteiger partial charge in [0.1, 0.15) is 11.9 Å². The fourth-order valence-corrected chi connectivity index (χ4v) is 9.89. The number of hydrogen-bond donors (Lipinski definition) is 4. The molecule has 15 nitrogen and oxygen atoms in total. The molecule has 4 aromatic rings. The molecule has 0 spiro atoms. The molecule has 0 radical (unpaired) electrons. The van der Waals surface area contributed by atoms with Crippen molar-refractivity contribution in [3.63, 3.8) is 0 Å². The van der Waals surface area contributed by atoms with Crippen LogP contribution in [-0.4, -0.2) is 116 Å². The minimum absolute atomic E-state index is 0.0795. The normalized spacial score (nSPS) is 22.9. The van der Waals surface area contributed by atoms with Gasteiger partial charge in [0.25, 0.3) is 17.7 Å². The van der Waals surface area contributed by atoms with Gasteiger partial charge >= 0.3 is 0 Å². The molecule has 1 unspecified atom stereocenters. The van der Waals surface area contributed by atoms with E-state index in [0.717, 1.165) is 79.1 Å². The predicted molar refractivity (Wildman–Crippen MR) is 227 cm³/mol. The zero-order valence-electron chi connectivity index (χ0n) is 34.4. The van der Waals surface area contributed by atoms with E-state index in [1.165, 1.54) is 5.56 Å². The molecule has 9 rings (SSSR count). The lowest BCUT2D eigenvalue weighted by Gasteiger charge is -2.35. The number of benzene rings is 3. The summed E-state index contributed by atoms with van der Waals surface area (Å²) in [4.78, 5) is 92.5. The zero-order valence-corrected chi connectivity index (χ0v) is 34.4. The van der Waals surface area contributed by atoms with E-state index in [-0.39, 0.29) is 41.9 Å². The number of aliphatic hydroxyl groups is 1. The van der Waals surface area contributed by atoms with Crippen molar-refractivity contribution in [1.82, 2.24) is 30.0 Å². The molecule has 5 aliphatic heterocycles. The van der Waals surface area contributed by atoms with Gasteiger partial charge in [-0.15, -0.1) is 0 Å². The average molecular weight is 829 g/mol. The molecule has 61 heavy (non-hydrogen) atoms. The van der Waals surface area contributed by atoms with E-state index < -0.39 is 29.7 Å². The van der Waals surface area contributed by atoms with E-state index in [2.05, 4.69) is 32.3 Å². The van der Waals surface area contributed by atoms with Crippen LogP contribution < -0.4 is 15.5 Å². The van der Waals surface area contributed by atoms with Gasteiger partial charge in [-0.05, 0) is 118 Å². The Morgan fingerprint density at radius 3 is 2.34 bits per heavy atom. The number of carbonyl (C=O) groups is 6. The van der Waals surface area contributed by atoms with Crippen LogP contribution in [0.4, 0.5) is 11.4 Å². The van der Waals surface area contributed by atoms with Crippen molar-refractivity contribution < 1.29 is 33.9 Å². The standard InChI is InChI=1S/C46H52N8O7/c1-27-22-34(55)25-53(27)26-40-48-37-10-7-32(23-38(37)49-40)47-43(58)31-5-3-29(4-6-31)30-16-20-52(21-17-30)42(57)13-2-28-14-18-51(19-15-28)33-8-9-35-36(24-33)46(61)54(45(35)60)39-11-12-41(56)50-44(39)59/h3-10,23-24,27-28,30,34,39,55H,2,11-22,25-26H2,1H3,(H,47,58)(H,48,49)(H,50,56,59)/t27-,34-,39?/m0/s1. The summed E-state index contributed by atoms with van der Waals surface area (Å²) in [5.41, 5.74) is 5.50. The molecule has 4 fully saturated rings. The maximum absolute atomic E-state index is 13.3. The minimum atomic E-state index is -0.989. The predicted octanol–water partition coefficient (Wildman–Crippen LogP) is 4.57. The second kappa shape index (κ2) is 16.8. The van der Waals surface area contributed by atoms with E-state index in [4.69, 9.17) is 4.98 Å². The molecule has 4 saturated heterocycles. The molecule has 0 aliphatic carbocycles. The number of fused-ring (bicyclic) bond motifs is 2. The van der Waals surface area contributed by atoms with Crippen molar-refractivity contribution in [1.29, 1.82) is 0 Å². The highest BCUT2D eigenvalue weighted by Crippen LogP contribution is 2.34. The van der Waals surface area contributed by atoms with Gasteiger partial charge in [0.15, 0.2) is 0 Å². The number of H-pyrrole nitrogens is 1. The quantitative estimate of drug-likeness (QED) is 0.165. The number of imidazole rings is 1. The monoisotopic (exact) mass is 828 g/mol. The van der Waals surface area contributed by atoms with Crippen LogP contribution in [0.3, 0.4) is 0 Å². The number of β-amino-alcohol motifs (C(OH)–C–C–N with tert-alkyl or cyclic N) is 1. The molecule has 15 heteroatoms. The molecule has 4 N–H and O–H groups in total. The van der Waals surface area contributed by atoms with Gasteiger partial charge in [-0.1, -0.05) is 12.1 Å². The maximum atomic E-state index is 13.3. The third kappa shape index (κ3) is 8.40. The largest absolute Gasteiger partial charge is 0.392 e. The number of nitrogens with zero attached hydrogens (tertiary/aromatic N) is 5. The Balaban J connectivity index is 0.705. The number of piperidine rings is 3. The Hall–Kier alpha value is -5.93. The molecular formula is C46H52N8O7. The summed E-state index contributed by atoms with van der Waals surface area (Å²) in [5.74, 6) is -0.462. The molecule has 1 aromatic heterocycles. The number of hydrogen-bond acceptors (Lipinski definition) is 10. The van der Waals surface area contributed by atoms with Gasteiger partial charge in [0, 0.05) is 68.5 Å². The SMILES string of the molecule is C[C@H]1C[C@H](O)CN1Cc1nc2cc(NC(=O)c3ccc(C4CCN(C(=O)CCC5CCN(c6ccc7c(c6)C(=O)N(C6CCC(=O)NC6=O)C7=O)CC5)CC4)cc3)ccc2[nH]1. The molecular weight excluding hydrogens is 777 g/mol. The Morgan fingerprint density at radius 2 is 1.62 bits per heavy atom. The second-order valence-corrected chi connectivity index (χ2v) is 17.5. The maximum Gasteiger partial charge on any atom is 0.262 e. The van der Waals surface area contributed by atoms with Gasteiger partial charge in [-0.25, -0.2) is 4.98 Å². The summed E-state index contributed by atoms with van der Waals surface area (Å²) in [6.07, 6.45) is 5.59. The number of nitrogens with one attached hydrogen (secondary N) is 3. The summed E-state index contributed by atoms with van der Waals surface area (Å²) < 4.78 is 0. The molecule has 0 saturated carbocycles. The lowest BCUT2D eigenvalue weighted by atomic mass is 9.88. The molecule has 3 aromatic carbocycles. The Labute approximate surface area is 353 Å². The van der Waals surface area contributed by atoms with Gasteiger partial charge in [-0.3, -0.25) is 43.9 Å². The van der Waals surface area contributed by atoms with Gasteiger partial charge in [0.05, 0.1) is 34.8 Å². The van der Waals surface area contributed by atoms with Crippen LogP contribution in [0.1, 0.15) is 113 Å². The van der Waals surface area contributed by atoms with Crippen LogP contribution in [0, 0.1) is 5.92 Å². The number of amides is 6. The van der Waals surface area contributed by atoms with Crippen molar-refractivity contribution in [3.05, 3.63) is 88.7 Å². The summed E-state index contributed by atoms with van der Waals surface area (Å²) in [6.45, 7) is 6.35. The van der Waals surface area contributed by atoms with Crippen LogP contribution in [0.25, 0.3) is 11.0 Å². The van der Waals surface area contributed by atoms with E-state index in [9.17, 15) is 33.9 Å². The second-order valence-electron chi connectivity index (χ2n) is 17.5. The van der Waals surface area contributed by atoms with Crippen molar-refractivity contribution in [2.45, 2.75) is 95.4 Å². The number of rotatable bonds is 10. The third-order valence-corrected chi connectivity index (χ3v) is 13.5. The lowest BCUT2D eigenvalue weighted by molar-refractivity contribution is -0.136. The number of aromatic nitrogens is 2. The first-order chi connectivity index (χ1) is 29.5. The molecule has 6 amide bonds. The minimum Gasteiger partial charge on any atom is -0.392 e. The number of imide groups is 2. The first kappa shape index (κ1) is 40.5. The Morgan fingerprint density at radius 1 is 0.869 bits per heavy atom. The lowest BCUT2D eigenvalue weighted by Crippen LogP contribution is -2.54. The fraction of sp³-hybridized carbons (Fsp3) is 0.457. The highest BCUT2D eigenvalue weighted by molar-refractivity contribution is 6.23. The first-order valence-electron chi connectivity index (χ1n) is 21.7. The number of carbonyl (C=O) groups excluding carboxylic acids is 6. The highest BCUT2D eigenvalue weighted by Gasteiger charge is 2.45. The third-order valence-electron chi connectivity index (χ3n) is 13.5. The smallest absolute Gasteiger partial charge is 0.262 e.